The number of aromatic nitrogens is 3. The van der Waals surface area contributed by atoms with Gasteiger partial charge in [-0.15, -0.1) is 11.8 Å². The number of benzene rings is 1. The van der Waals surface area contributed by atoms with E-state index < -0.39 is 0 Å². The van der Waals surface area contributed by atoms with Crippen molar-refractivity contribution in [3.63, 3.8) is 0 Å². The molecule has 39 heavy (non-hydrogen) atoms. The van der Waals surface area contributed by atoms with Crippen molar-refractivity contribution in [2.24, 2.45) is 17.5 Å². The Morgan fingerprint density at radius 2 is 1.77 bits per heavy atom. The lowest BCUT2D eigenvalue weighted by atomic mass is 10.0. The number of pyridine rings is 2. The second-order valence-corrected chi connectivity index (χ2v) is 10.9. The van der Waals surface area contributed by atoms with Crippen LogP contribution in [0.15, 0.2) is 65.5 Å². The van der Waals surface area contributed by atoms with Crippen LogP contribution in [0.5, 0.6) is 5.88 Å². The third-order valence-electron chi connectivity index (χ3n) is 6.66. The first-order chi connectivity index (χ1) is 18.8. The molecule has 0 amide bonds. The van der Waals surface area contributed by atoms with Crippen molar-refractivity contribution in [2.45, 2.75) is 51.2 Å². The molecule has 9 heteroatoms. The van der Waals surface area contributed by atoms with Crippen molar-refractivity contribution in [1.82, 2.24) is 19.5 Å². The van der Waals surface area contributed by atoms with Gasteiger partial charge in [-0.1, -0.05) is 36.4 Å². The van der Waals surface area contributed by atoms with Gasteiger partial charge in [0.1, 0.15) is 5.52 Å². The highest BCUT2D eigenvalue weighted by Gasteiger charge is 2.24. The van der Waals surface area contributed by atoms with Crippen LogP contribution in [0.1, 0.15) is 39.2 Å². The molecule has 4 N–H and O–H groups in total. The molecule has 1 aliphatic rings. The molecule has 0 spiro atoms. The van der Waals surface area contributed by atoms with Gasteiger partial charge < -0.3 is 24.8 Å². The summed E-state index contributed by atoms with van der Waals surface area (Å²) in [6, 6.07) is 14.1. The van der Waals surface area contributed by atoms with Gasteiger partial charge in [-0.3, -0.25) is 4.98 Å². The van der Waals surface area contributed by atoms with Gasteiger partial charge in [0.15, 0.2) is 0 Å². The highest BCUT2D eigenvalue weighted by molar-refractivity contribution is 7.98. The summed E-state index contributed by atoms with van der Waals surface area (Å²) in [5.41, 5.74) is 11.5. The van der Waals surface area contributed by atoms with Gasteiger partial charge in [0.25, 0.3) is 0 Å². The number of allylic oxidation sites excluding steroid dienone is 1. The Kier molecular flexibility index (Phi) is 9.72. The number of rotatable bonds is 7. The average Bonchev–Trinajstić information content (AvgIpc) is 3.24. The fourth-order valence-corrected chi connectivity index (χ4v) is 5.55. The van der Waals surface area contributed by atoms with Crippen LogP contribution < -0.4 is 16.3 Å². The molecule has 0 unspecified atom stereocenters. The van der Waals surface area contributed by atoms with E-state index in [0.29, 0.717) is 17.5 Å². The Morgan fingerprint density at radius 1 is 1.13 bits per heavy atom. The number of nitrogens with two attached hydrogens (primary N) is 2. The zero-order chi connectivity index (χ0) is 27.9. The number of hydrogen-bond acceptors (Lipinski definition) is 8. The number of fused-ring (bicyclic) bond motifs is 3. The van der Waals surface area contributed by atoms with E-state index in [1.54, 1.807) is 23.8 Å². The van der Waals surface area contributed by atoms with Gasteiger partial charge in [-0.05, 0) is 51.9 Å². The van der Waals surface area contributed by atoms with Crippen LogP contribution in [-0.2, 0) is 11.3 Å². The van der Waals surface area contributed by atoms with Gasteiger partial charge in [0.05, 0.1) is 33.1 Å². The van der Waals surface area contributed by atoms with E-state index in [1.807, 2.05) is 69.6 Å². The monoisotopic (exact) mass is 548 g/mol. The van der Waals surface area contributed by atoms with Crippen molar-refractivity contribution in [3.05, 3.63) is 66.1 Å². The van der Waals surface area contributed by atoms with E-state index in [2.05, 4.69) is 21.9 Å². The second kappa shape index (κ2) is 13.2. The van der Waals surface area contributed by atoms with E-state index in [1.165, 1.54) is 0 Å². The molecule has 1 saturated heterocycles. The van der Waals surface area contributed by atoms with Crippen molar-refractivity contribution >= 4 is 39.4 Å². The van der Waals surface area contributed by atoms with Crippen LogP contribution in [0.4, 0.5) is 0 Å². The summed E-state index contributed by atoms with van der Waals surface area (Å²) in [4.78, 5) is 10.7. The molecule has 4 aromatic rings. The van der Waals surface area contributed by atoms with Crippen LogP contribution in [-0.4, -0.2) is 52.2 Å². The van der Waals surface area contributed by atoms with Crippen molar-refractivity contribution in [1.29, 1.82) is 0 Å². The third kappa shape index (κ3) is 6.66. The summed E-state index contributed by atoms with van der Waals surface area (Å²) in [7, 11) is 1.79. The highest BCUT2D eigenvalue weighted by atomic mass is 32.2. The molecule has 5 rings (SSSR count). The highest BCUT2D eigenvalue weighted by Crippen LogP contribution is 2.40. The summed E-state index contributed by atoms with van der Waals surface area (Å²) < 4.78 is 14.1. The normalized spacial score (nSPS) is 14.7. The summed E-state index contributed by atoms with van der Waals surface area (Å²) in [6.07, 6.45) is 7.92. The zero-order valence-electron chi connectivity index (χ0n) is 23.6. The van der Waals surface area contributed by atoms with Crippen LogP contribution >= 0.6 is 11.8 Å². The first kappa shape index (κ1) is 28.7. The minimum absolute atomic E-state index is 0.00862. The maximum atomic E-state index is 6.18. The van der Waals surface area contributed by atoms with Crippen LogP contribution in [0, 0.1) is 5.92 Å². The molecule has 1 fully saturated rings. The molecule has 0 bridgehead atoms. The summed E-state index contributed by atoms with van der Waals surface area (Å²) in [5.74, 6) is 7.26. The fourth-order valence-electron chi connectivity index (χ4n) is 4.98. The zero-order valence-corrected chi connectivity index (χ0v) is 24.4. The maximum absolute atomic E-state index is 6.18. The van der Waals surface area contributed by atoms with E-state index in [9.17, 15) is 0 Å². The minimum atomic E-state index is 0.00862. The molecule has 1 aliphatic heterocycles. The molecule has 3 aromatic heterocycles. The van der Waals surface area contributed by atoms with Crippen LogP contribution in [0.25, 0.3) is 27.6 Å². The van der Waals surface area contributed by atoms with Gasteiger partial charge >= 0.3 is 0 Å². The number of thioether (sulfide) groups is 1. The lowest BCUT2D eigenvalue weighted by Crippen LogP contribution is -2.26. The Labute approximate surface area is 235 Å². The molecular weight excluding hydrogens is 508 g/mol. The molecule has 1 aromatic carbocycles. The molecule has 0 aliphatic carbocycles. The molecular formula is C30H40N6O2S. The lowest BCUT2D eigenvalue weighted by molar-refractivity contribution is 0.0619. The Balaban J connectivity index is 0.000000519. The van der Waals surface area contributed by atoms with Crippen molar-refractivity contribution in [2.75, 3.05) is 26.5 Å². The quantitative estimate of drug-likeness (QED) is 0.173. The van der Waals surface area contributed by atoms with Crippen LogP contribution in [0.3, 0.4) is 0 Å². The second-order valence-electron chi connectivity index (χ2n) is 10.1. The first-order valence-electron chi connectivity index (χ1n) is 13.4. The standard InChI is InChI=1S/C24H34N6O2S.C6H6/c1-14(2)32-24-20-21-18(10-17(11-27-21)22(15(3)25)29(4)26)30(13-16-6-8-31-9-7-16)23(20)19(33-5)12-28-24;1-2-4-6-5-3-1/h10-12,14,16H,6-9,13,25-26H2,1-5H3;1-6H/b22-15-;. The number of nitrogens with zero attached hydrogens (tertiary/aromatic N) is 4. The van der Waals surface area contributed by atoms with E-state index >= 15 is 0 Å². The third-order valence-corrected chi connectivity index (χ3v) is 7.40. The molecule has 208 valence electrons. The molecule has 0 radical (unpaired) electrons. The molecule has 0 saturated carbocycles. The largest absolute Gasteiger partial charge is 0.474 e. The SMILES string of the molecule is CSc1cnc(OC(C)C)c2c3ncc(/C(=C(\C)N)N(C)N)cc3n(CC3CCOCC3)c12.c1ccccc1. The Morgan fingerprint density at radius 3 is 2.31 bits per heavy atom. The predicted molar refractivity (Wildman–Crippen MR) is 161 cm³/mol. The molecule has 8 nitrogen and oxygen atoms in total. The van der Waals surface area contributed by atoms with E-state index in [4.69, 9.17) is 26.0 Å². The lowest BCUT2D eigenvalue weighted by Gasteiger charge is -2.24. The predicted octanol–water partition coefficient (Wildman–Crippen LogP) is 5.66. The first-order valence-corrected chi connectivity index (χ1v) is 14.6. The smallest absolute Gasteiger partial charge is 0.225 e. The average molecular weight is 549 g/mol. The van der Waals surface area contributed by atoms with Gasteiger partial charge in [-0.2, -0.15) is 0 Å². The Bertz CT molecular complexity index is 1380. The van der Waals surface area contributed by atoms with Gasteiger partial charge in [0.2, 0.25) is 5.88 Å². The molecule has 4 heterocycles. The number of hydrazine groups is 1. The number of ether oxygens (including phenoxy) is 2. The molecule has 0 atom stereocenters. The fraction of sp³-hybridized carbons (Fsp3) is 0.400. The topological polar surface area (TPSA) is 104 Å². The van der Waals surface area contributed by atoms with E-state index in [0.717, 1.165) is 70.7 Å². The summed E-state index contributed by atoms with van der Waals surface area (Å²) >= 11 is 1.69. The van der Waals surface area contributed by atoms with E-state index in [-0.39, 0.29) is 6.10 Å². The maximum Gasteiger partial charge on any atom is 0.225 e. The Hall–Kier alpha value is -3.27. The van der Waals surface area contributed by atoms with Crippen molar-refractivity contribution in [3.8, 4) is 5.88 Å². The summed E-state index contributed by atoms with van der Waals surface area (Å²) in [5, 5.41) is 2.51. The number of hydrogen-bond donors (Lipinski definition) is 2. The minimum Gasteiger partial charge on any atom is -0.474 e. The van der Waals surface area contributed by atoms with Gasteiger partial charge in [0, 0.05) is 50.5 Å². The van der Waals surface area contributed by atoms with Crippen molar-refractivity contribution < 1.29 is 9.47 Å². The van der Waals surface area contributed by atoms with Gasteiger partial charge in [-0.25, -0.2) is 10.8 Å². The van der Waals surface area contributed by atoms with Crippen LogP contribution in [0.2, 0.25) is 0 Å². The summed E-state index contributed by atoms with van der Waals surface area (Å²) in [6.45, 7) is 8.38.